The van der Waals surface area contributed by atoms with Crippen LogP contribution in [0, 0.1) is 11.8 Å². The van der Waals surface area contributed by atoms with E-state index in [0.717, 1.165) is 18.4 Å². The quantitative estimate of drug-likeness (QED) is 0.890. The van der Waals surface area contributed by atoms with E-state index < -0.39 is 0 Å². The molecule has 1 saturated heterocycles. The Kier molecular flexibility index (Phi) is 4.74. The molecule has 20 heavy (non-hydrogen) atoms. The molecule has 0 spiro atoms. The molecule has 1 aliphatic heterocycles. The number of hydrogen-bond acceptors (Lipinski definition) is 2. The van der Waals surface area contributed by atoms with Gasteiger partial charge in [-0.3, -0.25) is 4.90 Å². The largest absolute Gasteiger partial charge is 0.327 e. The van der Waals surface area contributed by atoms with Crippen molar-refractivity contribution in [2.45, 2.75) is 51.1 Å². The maximum absolute atomic E-state index is 6.44. The van der Waals surface area contributed by atoms with Crippen LogP contribution in [0.15, 0.2) is 30.3 Å². The van der Waals surface area contributed by atoms with Gasteiger partial charge < -0.3 is 5.73 Å². The molecular formula is C18H28N2. The zero-order chi connectivity index (χ0) is 13.8. The van der Waals surface area contributed by atoms with Gasteiger partial charge in [0, 0.05) is 19.1 Å². The Hall–Kier alpha value is -0.860. The molecule has 0 amide bonds. The van der Waals surface area contributed by atoms with Gasteiger partial charge in [0.1, 0.15) is 0 Å². The molecule has 0 radical (unpaired) electrons. The highest BCUT2D eigenvalue weighted by Gasteiger charge is 2.28. The van der Waals surface area contributed by atoms with Crippen molar-refractivity contribution in [1.82, 2.24) is 4.90 Å². The van der Waals surface area contributed by atoms with Gasteiger partial charge in [0.15, 0.2) is 0 Å². The van der Waals surface area contributed by atoms with Gasteiger partial charge in [-0.1, -0.05) is 43.2 Å². The van der Waals surface area contributed by atoms with Crippen molar-refractivity contribution in [3.05, 3.63) is 35.9 Å². The van der Waals surface area contributed by atoms with E-state index in [0.29, 0.717) is 6.04 Å². The average Bonchev–Trinajstić information content (AvgIpc) is 3.11. The predicted octanol–water partition coefficient (Wildman–Crippen LogP) is 3.42. The summed E-state index contributed by atoms with van der Waals surface area (Å²) < 4.78 is 0. The number of benzene rings is 1. The lowest BCUT2D eigenvalue weighted by Crippen LogP contribution is -2.31. The van der Waals surface area contributed by atoms with E-state index >= 15 is 0 Å². The van der Waals surface area contributed by atoms with Crippen LogP contribution in [0.1, 0.15) is 44.1 Å². The summed E-state index contributed by atoms with van der Waals surface area (Å²) in [4.78, 5) is 2.60. The third kappa shape index (κ3) is 3.62. The fourth-order valence-corrected chi connectivity index (χ4v) is 4.05. The average molecular weight is 272 g/mol. The standard InChI is InChI=1S/C18H28N2/c19-18(17-8-4-5-9-17)12-16-10-11-20(14-16)13-15-6-2-1-3-7-15/h1-3,6-7,16-18H,4-5,8-14,19H2. The fraction of sp³-hybridized carbons (Fsp3) is 0.667. The highest BCUT2D eigenvalue weighted by molar-refractivity contribution is 5.14. The molecule has 1 saturated carbocycles. The first-order valence-electron chi connectivity index (χ1n) is 8.33. The van der Waals surface area contributed by atoms with Crippen LogP contribution in [-0.2, 0) is 6.54 Å². The van der Waals surface area contributed by atoms with Gasteiger partial charge in [0.2, 0.25) is 0 Å². The van der Waals surface area contributed by atoms with Gasteiger partial charge in [-0.25, -0.2) is 0 Å². The smallest absolute Gasteiger partial charge is 0.0233 e. The topological polar surface area (TPSA) is 29.3 Å². The number of nitrogens with two attached hydrogens (primary N) is 1. The van der Waals surface area contributed by atoms with E-state index in [1.165, 1.54) is 57.2 Å². The molecule has 1 aliphatic carbocycles. The second-order valence-electron chi connectivity index (χ2n) is 6.82. The maximum Gasteiger partial charge on any atom is 0.0233 e. The third-order valence-corrected chi connectivity index (χ3v) is 5.23. The van der Waals surface area contributed by atoms with Crippen molar-refractivity contribution < 1.29 is 0 Å². The number of likely N-dealkylation sites (tertiary alicyclic amines) is 1. The lowest BCUT2D eigenvalue weighted by atomic mass is 9.89. The number of rotatable bonds is 5. The summed E-state index contributed by atoms with van der Waals surface area (Å²) in [7, 11) is 0. The van der Waals surface area contributed by atoms with Gasteiger partial charge in [0.25, 0.3) is 0 Å². The first kappa shape index (κ1) is 14.1. The Morgan fingerprint density at radius 2 is 1.85 bits per heavy atom. The van der Waals surface area contributed by atoms with Crippen LogP contribution >= 0.6 is 0 Å². The molecule has 3 rings (SSSR count). The lowest BCUT2D eigenvalue weighted by Gasteiger charge is -2.22. The second kappa shape index (κ2) is 6.73. The lowest BCUT2D eigenvalue weighted by molar-refractivity contribution is 0.295. The van der Waals surface area contributed by atoms with Crippen LogP contribution in [0.4, 0.5) is 0 Å². The predicted molar refractivity (Wildman–Crippen MR) is 84.4 cm³/mol. The minimum atomic E-state index is 0.458. The molecule has 2 N–H and O–H groups in total. The maximum atomic E-state index is 6.44. The zero-order valence-electron chi connectivity index (χ0n) is 12.5. The Morgan fingerprint density at radius 3 is 2.60 bits per heavy atom. The highest BCUT2D eigenvalue weighted by atomic mass is 15.1. The van der Waals surface area contributed by atoms with Gasteiger partial charge in [-0.15, -0.1) is 0 Å². The minimum absolute atomic E-state index is 0.458. The van der Waals surface area contributed by atoms with E-state index in [2.05, 4.69) is 35.2 Å². The Labute approximate surface area is 123 Å². The van der Waals surface area contributed by atoms with Crippen molar-refractivity contribution in [2.24, 2.45) is 17.6 Å². The van der Waals surface area contributed by atoms with Gasteiger partial charge in [-0.2, -0.15) is 0 Å². The van der Waals surface area contributed by atoms with Crippen molar-refractivity contribution in [2.75, 3.05) is 13.1 Å². The fourth-order valence-electron chi connectivity index (χ4n) is 4.05. The van der Waals surface area contributed by atoms with Gasteiger partial charge >= 0.3 is 0 Å². The SMILES string of the molecule is NC(CC1CCN(Cc2ccccc2)C1)C1CCCC1. The normalized spacial score (nSPS) is 26.1. The summed E-state index contributed by atoms with van der Waals surface area (Å²) in [6.07, 6.45) is 8.15. The van der Waals surface area contributed by atoms with Gasteiger partial charge in [0.05, 0.1) is 0 Å². The highest BCUT2D eigenvalue weighted by Crippen LogP contribution is 2.31. The minimum Gasteiger partial charge on any atom is -0.327 e. The van der Waals surface area contributed by atoms with Crippen LogP contribution in [0.5, 0.6) is 0 Å². The summed E-state index contributed by atoms with van der Waals surface area (Å²) in [6.45, 7) is 3.60. The molecule has 2 atom stereocenters. The molecule has 2 fully saturated rings. The van der Waals surface area contributed by atoms with Crippen LogP contribution in [-0.4, -0.2) is 24.0 Å². The second-order valence-corrected chi connectivity index (χ2v) is 6.82. The molecule has 1 aromatic rings. The zero-order valence-corrected chi connectivity index (χ0v) is 12.5. The molecule has 1 aromatic carbocycles. The van der Waals surface area contributed by atoms with Gasteiger partial charge in [-0.05, 0) is 49.6 Å². The summed E-state index contributed by atoms with van der Waals surface area (Å²) >= 11 is 0. The van der Waals surface area contributed by atoms with Crippen molar-refractivity contribution >= 4 is 0 Å². The third-order valence-electron chi connectivity index (χ3n) is 5.23. The Morgan fingerprint density at radius 1 is 1.10 bits per heavy atom. The van der Waals surface area contributed by atoms with Crippen molar-refractivity contribution in [1.29, 1.82) is 0 Å². The summed E-state index contributed by atoms with van der Waals surface area (Å²) in [6, 6.07) is 11.3. The van der Waals surface area contributed by atoms with Crippen LogP contribution in [0.25, 0.3) is 0 Å². The molecular weight excluding hydrogens is 244 g/mol. The monoisotopic (exact) mass is 272 g/mol. The van der Waals surface area contributed by atoms with Crippen LogP contribution in [0.2, 0.25) is 0 Å². The van der Waals surface area contributed by atoms with E-state index in [1.807, 2.05) is 0 Å². The number of nitrogens with zero attached hydrogens (tertiary/aromatic N) is 1. The molecule has 0 bridgehead atoms. The van der Waals surface area contributed by atoms with E-state index in [4.69, 9.17) is 5.73 Å². The molecule has 110 valence electrons. The molecule has 2 aliphatic rings. The first-order chi connectivity index (χ1) is 9.81. The summed E-state index contributed by atoms with van der Waals surface area (Å²) in [5.41, 5.74) is 7.88. The van der Waals surface area contributed by atoms with E-state index in [-0.39, 0.29) is 0 Å². The Balaban J connectivity index is 1.44. The van der Waals surface area contributed by atoms with Crippen LogP contribution < -0.4 is 5.73 Å². The number of hydrogen-bond donors (Lipinski definition) is 1. The summed E-state index contributed by atoms with van der Waals surface area (Å²) in [5.74, 6) is 1.65. The first-order valence-corrected chi connectivity index (χ1v) is 8.33. The molecule has 2 nitrogen and oxygen atoms in total. The molecule has 2 unspecified atom stereocenters. The van der Waals surface area contributed by atoms with Crippen molar-refractivity contribution in [3.8, 4) is 0 Å². The molecule has 2 heteroatoms. The van der Waals surface area contributed by atoms with Crippen molar-refractivity contribution in [3.63, 3.8) is 0 Å². The molecule has 1 heterocycles. The molecule has 0 aromatic heterocycles. The van der Waals surface area contributed by atoms with Crippen LogP contribution in [0.3, 0.4) is 0 Å². The summed E-state index contributed by atoms with van der Waals surface area (Å²) in [5, 5.41) is 0. The van der Waals surface area contributed by atoms with E-state index in [1.54, 1.807) is 0 Å². The Bertz CT molecular complexity index is 397. The van der Waals surface area contributed by atoms with E-state index in [9.17, 15) is 0 Å².